The summed E-state index contributed by atoms with van der Waals surface area (Å²) in [6, 6.07) is 0. The number of hydrogen-bond donors (Lipinski definition) is 2. The highest BCUT2D eigenvalue weighted by molar-refractivity contribution is 7.90. The van der Waals surface area contributed by atoms with Crippen LogP contribution in [0.25, 0.3) is 0 Å². The fraction of sp³-hybridized carbons (Fsp3) is 0.889. The quantitative estimate of drug-likeness (QED) is 0.716. The van der Waals surface area contributed by atoms with E-state index in [0.29, 0.717) is 0 Å². The van der Waals surface area contributed by atoms with Crippen LogP contribution < -0.4 is 4.72 Å². The number of carboxylic acid groups (broad SMARTS) is 1. The van der Waals surface area contributed by atoms with Gasteiger partial charge in [0.2, 0.25) is 10.0 Å². The smallest absolute Gasteiger partial charge is 0.323 e. The molecule has 0 aromatic carbocycles. The van der Waals surface area contributed by atoms with Crippen LogP contribution in [0.2, 0.25) is 0 Å². The zero-order valence-corrected chi connectivity index (χ0v) is 10.4. The normalized spacial score (nSPS) is 14.9. The van der Waals surface area contributed by atoms with E-state index in [2.05, 4.69) is 4.72 Å². The Morgan fingerprint density at radius 1 is 1.47 bits per heavy atom. The molecule has 2 N–H and O–H groups in total. The van der Waals surface area contributed by atoms with Crippen molar-refractivity contribution < 1.29 is 18.3 Å². The SMILES string of the molecule is CCC(C)(C)CNS(=O)(=O)C(C)C(=O)O. The lowest BCUT2D eigenvalue weighted by molar-refractivity contribution is -0.136. The van der Waals surface area contributed by atoms with Gasteiger partial charge in [-0.05, 0) is 18.8 Å². The second-order valence-electron chi connectivity index (χ2n) is 4.36. The summed E-state index contributed by atoms with van der Waals surface area (Å²) >= 11 is 0. The fourth-order valence-corrected chi connectivity index (χ4v) is 1.79. The van der Waals surface area contributed by atoms with Crippen LogP contribution in [0.1, 0.15) is 34.1 Å². The van der Waals surface area contributed by atoms with Crippen molar-refractivity contribution >= 4 is 16.0 Å². The summed E-state index contributed by atoms with van der Waals surface area (Å²) in [7, 11) is -3.75. The van der Waals surface area contributed by atoms with E-state index in [4.69, 9.17) is 5.11 Å². The Hall–Kier alpha value is -0.620. The van der Waals surface area contributed by atoms with Gasteiger partial charge in [0.05, 0.1) is 0 Å². The van der Waals surface area contributed by atoms with E-state index in [9.17, 15) is 13.2 Å². The van der Waals surface area contributed by atoms with Crippen molar-refractivity contribution in [2.24, 2.45) is 5.41 Å². The molecule has 0 aliphatic carbocycles. The Morgan fingerprint density at radius 2 is 1.93 bits per heavy atom. The molecular weight excluding hydrogens is 218 g/mol. The second kappa shape index (κ2) is 4.94. The maximum atomic E-state index is 11.4. The lowest BCUT2D eigenvalue weighted by atomic mass is 9.91. The molecule has 1 atom stereocenters. The van der Waals surface area contributed by atoms with Gasteiger partial charge < -0.3 is 5.11 Å². The highest BCUT2D eigenvalue weighted by Crippen LogP contribution is 2.18. The standard InChI is InChI=1S/C9H19NO4S/c1-5-9(3,4)6-10-15(13,14)7(2)8(11)12/h7,10H,5-6H2,1-4H3,(H,11,12). The van der Waals surface area contributed by atoms with E-state index in [1.807, 2.05) is 20.8 Å². The Labute approximate surface area is 90.9 Å². The van der Waals surface area contributed by atoms with Crippen molar-refractivity contribution in [2.75, 3.05) is 6.54 Å². The highest BCUT2D eigenvalue weighted by atomic mass is 32.2. The van der Waals surface area contributed by atoms with Gasteiger partial charge in [-0.2, -0.15) is 0 Å². The third-order valence-corrected chi connectivity index (χ3v) is 4.20. The molecule has 0 saturated heterocycles. The van der Waals surface area contributed by atoms with Gasteiger partial charge in [-0.15, -0.1) is 0 Å². The van der Waals surface area contributed by atoms with Crippen molar-refractivity contribution in [1.29, 1.82) is 0 Å². The first-order valence-electron chi connectivity index (χ1n) is 4.83. The summed E-state index contributed by atoms with van der Waals surface area (Å²) in [5.41, 5.74) is -0.161. The number of carboxylic acids is 1. The molecule has 0 spiro atoms. The van der Waals surface area contributed by atoms with Crippen LogP contribution in [0.15, 0.2) is 0 Å². The molecule has 0 amide bonds. The molecule has 6 heteroatoms. The van der Waals surface area contributed by atoms with Crippen molar-refractivity contribution in [1.82, 2.24) is 4.72 Å². The van der Waals surface area contributed by atoms with Gasteiger partial charge in [0.1, 0.15) is 0 Å². The minimum atomic E-state index is -3.75. The highest BCUT2D eigenvalue weighted by Gasteiger charge is 2.29. The van der Waals surface area contributed by atoms with Gasteiger partial charge in [0.15, 0.2) is 5.25 Å². The van der Waals surface area contributed by atoms with Gasteiger partial charge in [-0.3, -0.25) is 4.79 Å². The second-order valence-corrected chi connectivity index (χ2v) is 6.45. The zero-order chi connectivity index (χ0) is 12.3. The predicted molar refractivity (Wildman–Crippen MR) is 58.1 cm³/mol. The lowest BCUT2D eigenvalue weighted by Crippen LogP contribution is -2.41. The first-order chi connectivity index (χ1) is 6.62. The minimum Gasteiger partial charge on any atom is -0.480 e. The molecule has 1 unspecified atom stereocenters. The van der Waals surface area contributed by atoms with E-state index in [1.54, 1.807) is 0 Å². The van der Waals surface area contributed by atoms with E-state index in [-0.39, 0.29) is 12.0 Å². The molecule has 0 rings (SSSR count). The van der Waals surface area contributed by atoms with E-state index < -0.39 is 21.2 Å². The molecule has 0 aliphatic heterocycles. The minimum absolute atomic E-state index is 0.161. The zero-order valence-electron chi connectivity index (χ0n) is 9.57. The predicted octanol–water partition coefficient (Wildman–Crippen LogP) is 0.815. The number of nitrogens with one attached hydrogen (secondary N) is 1. The Bertz CT molecular complexity index is 321. The summed E-state index contributed by atoms with van der Waals surface area (Å²) in [5, 5.41) is 7.17. The van der Waals surface area contributed by atoms with Crippen molar-refractivity contribution in [3.63, 3.8) is 0 Å². The average molecular weight is 237 g/mol. The van der Waals surface area contributed by atoms with Crippen LogP contribution in [0.3, 0.4) is 0 Å². The number of aliphatic carboxylic acids is 1. The molecule has 15 heavy (non-hydrogen) atoms. The largest absolute Gasteiger partial charge is 0.480 e. The number of sulfonamides is 1. The summed E-state index contributed by atoms with van der Waals surface area (Å²) in [4.78, 5) is 10.5. The summed E-state index contributed by atoms with van der Waals surface area (Å²) in [5.74, 6) is -1.34. The third-order valence-electron chi connectivity index (χ3n) is 2.52. The molecule has 0 heterocycles. The number of hydrogen-bond acceptors (Lipinski definition) is 3. The fourth-order valence-electron chi connectivity index (χ4n) is 0.679. The van der Waals surface area contributed by atoms with Gasteiger partial charge in [0.25, 0.3) is 0 Å². The van der Waals surface area contributed by atoms with Crippen LogP contribution >= 0.6 is 0 Å². The molecule has 0 aromatic rings. The molecule has 0 fully saturated rings. The summed E-state index contributed by atoms with van der Waals surface area (Å²) < 4.78 is 25.2. The molecule has 5 nitrogen and oxygen atoms in total. The van der Waals surface area contributed by atoms with E-state index in [1.165, 1.54) is 0 Å². The van der Waals surface area contributed by atoms with Crippen LogP contribution in [0.5, 0.6) is 0 Å². The van der Waals surface area contributed by atoms with Gasteiger partial charge in [0, 0.05) is 6.54 Å². The molecule has 0 aromatic heterocycles. The van der Waals surface area contributed by atoms with Crippen LogP contribution in [-0.4, -0.2) is 31.3 Å². The molecule has 0 bridgehead atoms. The third kappa shape index (κ3) is 4.61. The van der Waals surface area contributed by atoms with E-state index >= 15 is 0 Å². The maximum absolute atomic E-state index is 11.4. The van der Waals surface area contributed by atoms with Crippen LogP contribution in [0.4, 0.5) is 0 Å². The van der Waals surface area contributed by atoms with Crippen LogP contribution in [0, 0.1) is 5.41 Å². The first-order valence-corrected chi connectivity index (χ1v) is 6.38. The average Bonchev–Trinajstić information content (AvgIpc) is 2.14. The first kappa shape index (κ1) is 14.4. The van der Waals surface area contributed by atoms with Gasteiger partial charge >= 0.3 is 5.97 Å². The van der Waals surface area contributed by atoms with Crippen LogP contribution in [-0.2, 0) is 14.8 Å². The molecule has 0 aliphatic rings. The molecule has 90 valence electrons. The topological polar surface area (TPSA) is 83.5 Å². The molecule has 0 radical (unpaired) electrons. The summed E-state index contributed by atoms with van der Waals surface area (Å²) in [6.45, 7) is 7.20. The van der Waals surface area contributed by atoms with Crippen molar-refractivity contribution in [3.8, 4) is 0 Å². The van der Waals surface area contributed by atoms with Crippen molar-refractivity contribution in [2.45, 2.75) is 39.4 Å². The van der Waals surface area contributed by atoms with E-state index in [0.717, 1.165) is 13.3 Å². The lowest BCUT2D eigenvalue weighted by Gasteiger charge is -2.23. The molecular formula is C9H19NO4S. The molecule has 0 saturated carbocycles. The maximum Gasteiger partial charge on any atom is 0.323 e. The Balaban J connectivity index is 4.48. The number of rotatable bonds is 6. The Morgan fingerprint density at radius 3 is 2.27 bits per heavy atom. The number of carbonyl (C=O) groups is 1. The Kier molecular flexibility index (Phi) is 4.73. The van der Waals surface area contributed by atoms with Gasteiger partial charge in [-0.1, -0.05) is 20.8 Å². The van der Waals surface area contributed by atoms with Crippen molar-refractivity contribution in [3.05, 3.63) is 0 Å². The monoisotopic (exact) mass is 237 g/mol. The summed E-state index contributed by atoms with van der Waals surface area (Å²) in [6.07, 6.45) is 0.816. The van der Waals surface area contributed by atoms with Gasteiger partial charge in [-0.25, -0.2) is 13.1 Å².